The summed E-state index contributed by atoms with van der Waals surface area (Å²) in [5, 5.41) is 6.53. The third kappa shape index (κ3) is 4.76. The Morgan fingerprint density at radius 2 is 1.86 bits per heavy atom. The summed E-state index contributed by atoms with van der Waals surface area (Å²) in [6, 6.07) is 6.31. The second-order valence-corrected chi connectivity index (χ2v) is 9.30. The first kappa shape index (κ1) is 25.4. The molecule has 2 aromatic rings. The Kier molecular flexibility index (Phi) is 6.85. The van der Waals surface area contributed by atoms with Crippen molar-refractivity contribution in [2.75, 3.05) is 0 Å². The minimum absolute atomic E-state index is 0.0149. The van der Waals surface area contributed by atoms with Crippen molar-refractivity contribution in [3.63, 3.8) is 0 Å². The number of ketones is 1. The topological polar surface area (TPSA) is 60.2 Å². The number of carbonyl (C=O) groups is 1. The zero-order valence-electron chi connectivity index (χ0n) is 18.7. The molecule has 0 saturated heterocycles. The molecule has 0 amide bonds. The summed E-state index contributed by atoms with van der Waals surface area (Å²) in [6.45, 7) is 3.64. The first-order chi connectivity index (χ1) is 16.4. The van der Waals surface area contributed by atoms with Crippen molar-refractivity contribution in [2.45, 2.75) is 57.4 Å². The van der Waals surface area contributed by atoms with Gasteiger partial charge < -0.3 is 9.68 Å². The third-order valence-corrected chi connectivity index (χ3v) is 6.66. The SMILES string of the molecule is CCC1=NOC(CC(=O)c2ccc(C3=NO[C@@](c4cc(Cl)c(F)c(Cl)c4)(C(F)(F)F)C3)cc2C)C1. The lowest BCUT2D eigenvalue weighted by atomic mass is 9.86. The molecule has 2 heterocycles. The maximum atomic E-state index is 14.2. The molecule has 2 aromatic carbocycles. The molecular formula is C24H20Cl2F4N2O3. The van der Waals surface area contributed by atoms with Crippen LogP contribution in [0.5, 0.6) is 0 Å². The van der Waals surface area contributed by atoms with Crippen LogP contribution in [0.25, 0.3) is 0 Å². The Labute approximate surface area is 208 Å². The number of oxime groups is 2. The molecule has 0 bridgehead atoms. The van der Waals surface area contributed by atoms with Gasteiger partial charge in [0.15, 0.2) is 11.6 Å². The fourth-order valence-corrected chi connectivity index (χ4v) is 4.61. The molecule has 2 aliphatic rings. The lowest BCUT2D eigenvalue weighted by molar-refractivity contribution is -0.275. The van der Waals surface area contributed by atoms with Crippen molar-refractivity contribution in [1.82, 2.24) is 0 Å². The van der Waals surface area contributed by atoms with Gasteiger partial charge in [-0.3, -0.25) is 4.79 Å². The van der Waals surface area contributed by atoms with Crippen LogP contribution in [0.15, 0.2) is 40.6 Å². The average Bonchev–Trinajstić information content (AvgIpc) is 3.44. The summed E-state index contributed by atoms with van der Waals surface area (Å²) in [6.07, 6.45) is -4.45. The van der Waals surface area contributed by atoms with E-state index in [-0.39, 0.29) is 24.0 Å². The largest absolute Gasteiger partial charge is 0.435 e. The van der Waals surface area contributed by atoms with Crippen LogP contribution in [0.3, 0.4) is 0 Å². The van der Waals surface area contributed by atoms with Gasteiger partial charge in [0, 0.05) is 24.0 Å². The highest BCUT2D eigenvalue weighted by Gasteiger charge is 2.62. The summed E-state index contributed by atoms with van der Waals surface area (Å²) in [5.74, 6) is -1.18. The minimum atomic E-state index is -4.91. The molecule has 0 fully saturated rings. The third-order valence-electron chi connectivity index (χ3n) is 6.11. The van der Waals surface area contributed by atoms with E-state index >= 15 is 0 Å². The van der Waals surface area contributed by atoms with Crippen molar-refractivity contribution in [2.24, 2.45) is 10.3 Å². The number of aryl methyl sites for hydroxylation is 1. The van der Waals surface area contributed by atoms with Crippen LogP contribution in [0.2, 0.25) is 10.0 Å². The monoisotopic (exact) mass is 530 g/mol. The Hall–Kier alpha value is -2.65. The minimum Gasteiger partial charge on any atom is -0.392 e. The quantitative estimate of drug-likeness (QED) is 0.226. The van der Waals surface area contributed by atoms with Gasteiger partial charge in [-0.25, -0.2) is 4.39 Å². The average molecular weight is 531 g/mol. The fraction of sp³-hybridized carbons (Fsp3) is 0.375. The van der Waals surface area contributed by atoms with Crippen LogP contribution in [-0.2, 0) is 15.3 Å². The zero-order valence-corrected chi connectivity index (χ0v) is 20.2. The van der Waals surface area contributed by atoms with Gasteiger partial charge in [0.1, 0.15) is 6.10 Å². The second kappa shape index (κ2) is 9.43. The number of alkyl halides is 3. The Bertz CT molecular complexity index is 1220. The highest BCUT2D eigenvalue weighted by atomic mass is 35.5. The molecule has 11 heteroatoms. The van der Waals surface area contributed by atoms with Gasteiger partial charge in [0.05, 0.1) is 27.9 Å². The lowest BCUT2D eigenvalue weighted by Crippen LogP contribution is -2.42. The van der Waals surface area contributed by atoms with Gasteiger partial charge in [0.2, 0.25) is 0 Å². The van der Waals surface area contributed by atoms with Crippen molar-refractivity contribution >= 4 is 40.4 Å². The number of hydrogen-bond donors (Lipinski definition) is 0. The first-order valence-corrected chi connectivity index (χ1v) is 11.5. The van der Waals surface area contributed by atoms with E-state index in [9.17, 15) is 22.4 Å². The van der Waals surface area contributed by atoms with Crippen LogP contribution in [0, 0.1) is 12.7 Å². The zero-order chi connectivity index (χ0) is 25.5. The molecule has 5 nitrogen and oxygen atoms in total. The molecule has 0 radical (unpaired) electrons. The van der Waals surface area contributed by atoms with Gasteiger partial charge in [-0.15, -0.1) is 0 Å². The normalized spacial score (nSPS) is 21.9. The predicted octanol–water partition coefficient (Wildman–Crippen LogP) is 7.15. The molecule has 0 spiro atoms. The van der Waals surface area contributed by atoms with E-state index in [1.165, 1.54) is 6.07 Å². The van der Waals surface area contributed by atoms with E-state index < -0.39 is 39.6 Å². The van der Waals surface area contributed by atoms with Gasteiger partial charge >= 0.3 is 6.18 Å². The van der Waals surface area contributed by atoms with Crippen LogP contribution in [-0.4, -0.2) is 29.5 Å². The molecular weight excluding hydrogens is 511 g/mol. The van der Waals surface area contributed by atoms with Gasteiger partial charge in [-0.1, -0.05) is 52.6 Å². The smallest absolute Gasteiger partial charge is 0.392 e. The van der Waals surface area contributed by atoms with Crippen LogP contribution < -0.4 is 0 Å². The molecule has 2 aliphatic heterocycles. The molecule has 186 valence electrons. The number of Topliss-reactive ketones (excluding diaryl/α,β-unsaturated/α-hetero) is 1. The molecule has 35 heavy (non-hydrogen) atoms. The summed E-state index contributed by atoms with van der Waals surface area (Å²) in [7, 11) is 0. The van der Waals surface area contributed by atoms with Crippen LogP contribution >= 0.6 is 23.2 Å². The number of benzene rings is 2. The summed E-state index contributed by atoms with van der Waals surface area (Å²) in [4.78, 5) is 23.0. The molecule has 4 rings (SSSR count). The number of rotatable bonds is 6. The Morgan fingerprint density at radius 3 is 2.43 bits per heavy atom. The Balaban J connectivity index is 1.56. The van der Waals surface area contributed by atoms with E-state index in [4.69, 9.17) is 32.9 Å². The maximum Gasteiger partial charge on any atom is 0.435 e. The first-order valence-electron chi connectivity index (χ1n) is 10.8. The number of halogens is 6. The lowest BCUT2D eigenvalue weighted by Gasteiger charge is -2.29. The summed E-state index contributed by atoms with van der Waals surface area (Å²) < 4.78 is 56.4. The van der Waals surface area contributed by atoms with E-state index in [1.807, 2.05) is 6.92 Å². The molecule has 0 aliphatic carbocycles. The Morgan fingerprint density at radius 1 is 1.17 bits per heavy atom. The number of hydrogen-bond acceptors (Lipinski definition) is 5. The van der Waals surface area contributed by atoms with E-state index in [0.29, 0.717) is 23.1 Å². The fourth-order valence-electron chi connectivity index (χ4n) is 4.12. The van der Waals surface area contributed by atoms with E-state index in [0.717, 1.165) is 24.3 Å². The van der Waals surface area contributed by atoms with E-state index in [1.54, 1.807) is 19.1 Å². The standard InChI is InChI=1S/C24H20Cl2F4N2O3/c1-3-15-9-16(34-31-15)10-21(33)17-5-4-13(6-12(17)2)20-11-23(35-32-20,24(28,29)30)14-7-18(25)22(27)19(26)8-14/h4-8,16H,3,9-11H2,1-2H3/t16?,23-/m0/s1. The number of nitrogens with zero attached hydrogens (tertiary/aromatic N) is 2. The molecule has 0 N–H and O–H groups in total. The molecule has 0 saturated carbocycles. The maximum absolute atomic E-state index is 14.2. The van der Waals surface area contributed by atoms with Crippen molar-refractivity contribution < 1.29 is 32.0 Å². The van der Waals surface area contributed by atoms with Gasteiger partial charge in [0.25, 0.3) is 5.60 Å². The summed E-state index contributed by atoms with van der Waals surface area (Å²) >= 11 is 11.5. The van der Waals surface area contributed by atoms with Crippen LogP contribution in [0.4, 0.5) is 17.6 Å². The van der Waals surface area contributed by atoms with Crippen LogP contribution in [0.1, 0.15) is 59.7 Å². The molecule has 2 atom stereocenters. The summed E-state index contributed by atoms with van der Waals surface area (Å²) in [5.41, 5.74) is -1.08. The molecule has 0 aromatic heterocycles. The van der Waals surface area contributed by atoms with Gasteiger partial charge in [-0.05, 0) is 42.7 Å². The predicted molar refractivity (Wildman–Crippen MR) is 124 cm³/mol. The van der Waals surface area contributed by atoms with Crippen molar-refractivity contribution in [3.05, 3.63) is 68.4 Å². The van der Waals surface area contributed by atoms with E-state index in [2.05, 4.69) is 10.3 Å². The highest BCUT2D eigenvalue weighted by molar-refractivity contribution is 6.35. The second-order valence-electron chi connectivity index (χ2n) is 8.48. The van der Waals surface area contributed by atoms with Crippen molar-refractivity contribution in [3.8, 4) is 0 Å². The van der Waals surface area contributed by atoms with Crippen molar-refractivity contribution in [1.29, 1.82) is 0 Å². The molecule has 1 unspecified atom stereocenters. The number of carbonyl (C=O) groups excluding carboxylic acids is 1. The highest BCUT2D eigenvalue weighted by Crippen LogP contribution is 2.50. The van der Waals surface area contributed by atoms with Gasteiger partial charge in [-0.2, -0.15) is 13.2 Å².